The van der Waals surface area contributed by atoms with Gasteiger partial charge < -0.3 is 10.2 Å². The molecule has 6 nitrogen and oxygen atoms in total. The minimum Gasteiger partial charge on any atom is -0.346 e. The maximum Gasteiger partial charge on any atom is 0.272 e. The zero-order chi connectivity index (χ0) is 18.0. The molecule has 2 aromatic rings. The lowest BCUT2D eigenvalue weighted by Crippen LogP contribution is -2.38. The highest BCUT2D eigenvalue weighted by Gasteiger charge is 2.29. The number of amides is 2. The zero-order valence-electron chi connectivity index (χ0n) is 14.7. The predicted molar refractivity (Wildman–Crippen MR) is 96.8 cm³/mol. The Morgan fingerprint density at radius 3 is 2.72 bits per heavy atom. The Kier molecular flexibility index (Phi) is 4.85. The summed E-state index contributed by atoms with van der Waals surface area (Å²) >= 11 is 1.50. The number of carbonyl (C=O) groups is 2. The number of thiazole rings is 1. The number of nitrogens with one attached hydrogen (secondary N) is 1. The highest BCUT2D eigenvalue weighted by atomic mass is 32.1. The molecule has 0 bridgehead atoms. The quantitative estimate of drug-likeness (QED) is 0.915. The SMILES string of the molecule is CC(C)(C)c1nc(C(=O)NC2CCN(C(=O)c3ccccn3)C2)cs1. The number of carbonyl (C=O) groups excluding carboxylic acids is 2. The van der Waals surface area contributed by atoms with Crippen molar-refractivity contribution < 1.29 is 9.59 Å². The summed E-state index contributed by atoms with van der Waals surface area (Å²) in [6, 6.07) is 5.23. The molecular formula is C18H22N4O2S. The highest BCUT2D eigenvalue weighted by molar-refractivity contribution is 7.10. The van der Waals surface area contributed by atoms with Gasteiger partial charge in [0.25, 0.3) is 11.8 Å². The number of nitrogens with zero attached hydrogens (tertiary/aromatic N) is 3. The van der Waals surface area contributed by atoms with Gasteiger partial charge in [-0.25, -0.2) is 4.98 Å². The number of likely N-dealkylation sites (tertiary alicyclic amines) is 1. The van der Waals surface area contributed by atoms with Crippen LogP contribution in [-0.2, 0) is 5.41 Å². The third-order valence-corrected chi connectivity index (χ3v) is 5.34. The number of pyridine rings is 1. The summed E-state index contributed by atoms with van der Waals surface area (Å²) in [5.74, 6) is -0.273. The molecule has 0 saturated carbocycles. The van der Waals surface area contributed by atoms with Crippen molar-refractivity contribution in [1.29, 1.82) is 0 Å². The molecule has 1 atom stereocenters. The van der Waals surface area contributed by atoms with Crippen LogP contribution in [0.1, 0.15) is 53.2 Å². The Hall–Kier alpha value is -2.28. The van der Waals surface area contributed by atoms with Gasteiger partial charge in [-0.15, -0.1) is 11.3 Å². The van der Waals surface area contributed by atoms with E-state index in [0.29, 0.717) is 24.5 Å². The third kappa shape index (κ3) is 4.04. The van der Waals surface area contributed by atoms with E-state index in [1.165, 1.54) is 11.3 Å². The van der Waals surface area contributed by atoms with Crippen molar-refractivity contribution in [3.8, 4) is 0 Å². The summed E-state index contributed by atoms with van der Waals surface area (Å²) in [5, 5.41) is 5.72. The van der Waals surface area contributed by atoms with Crippen LogP contribution in [0.4, 0.5) is 0 Å². The van der Waals surface area contributed by atoms with Gasteiger partial charge in [0.05, 0.1) is 5.01 Å². The lowest BCUT2D eigenvalue weighted by Gasteiger charge is -2.16. The van der Waals surface area contributed by atoms with Crippen LogP contribution in [0.5, 0.6) is 0 Å². The largest absolute Gasteiger partial charge is 0.346 e. The van der Waals surface area contributed by atoms with Crippen molar-refractivity contribution in [2.45, 2.75) is 38.6 Å². The fourth-order valence-corrected chi connectivity index (χ4v) is 3.58. The number of hydrogen-bond donors (Lipinski definition) is 1. The second kappa shape index (κ2) is 6.92. The first kappa shape index (κ1) is 17.5. The maximum absolute atomic E-state index is 12.4. The lowest BCUT2D eigenvalue weighted by atomic mass is 9.98. The highest BCUT2D eigenvalue weighted by Crippen LogP contribution is 2.25. The molecule has 1 aliphatic heterocycles. The summed E-state index contributed by atoms with van der Waals surface area (Å²) in [4.78, 5) is 35.1. The Morgan fingerprint density at radius 2 is 2.08 bits per heavy atom. The standard InChI is InChI=1S/C18H22N4O2S/c1-18(2,3)17-21-14(11-25-17)15(23)20-12-7-9-22(10-12)16(24)13-6-4-5-8-19-13/h4-6,8,11-12H,7,9-10H2,1-3H3,(H,20,23). The molecule has 2 amide bonds. The van der Waals surface area contributed by atoms with E-state index in [1.54, 1.807) is 34.7 Å². The third-order valence-electron chi connectivity index (χ3n) is 4.07. The normalized spacial score (nSPS) is 17.6. The van der Waals surface area contributed by atoms with Crippen molar-refractivity contribution in [2.24, 2.45) is 0 Å². The Labute approximate surface area is 151 Å². The Balaban J connectivity index is 1.59. The van der Waals surface area contributed by atoms with Crippen LogP contribution in [-0.4, -0.2) is 45.8 Å². The minimum absolute atomic E-state index is 0.0556. The number of rotatable bonds is 3. The van der Waals surface area contributed by atoms with Crippen molar-refractivity contribution in [3.63, 3.8) is 0 Å². The van der Waals surface area contributed by atoms with Crippen LogP contribution in [0.2, 0.25) is 0 Å². The van der Waals surface area contributed by atoms with Crippen LogP contribution in [0.15, 0.2) is 29.8 Å². The van der Waals surface area contributed by atoms with Gasteiger partial charge in [-0.1, -0.05) is 26.8 Å². The van der Waals surface area contributed by atoms with Crippen LogP contribution in [0.25, 0.3) is 0 Å². The van der Waals surface area contributed by atoms with Crippen molar-refractivity contribution in [2.75, 3.05) is 13.1 Å². The predicted octanol–water partition coefficient (Wildman–Crippen LogP) is 2.48. The van der Waals surface area contributed by atoms with Gasteiger partial charge in [0, 0.05) is 36.1 Å². The van der Waals surface area contributed by atoms with Gasteiger partial charge >= 0.3 is 0 Å². The first-order valence-corrected chi connectivity index (χ1v) is 9.20. The first-order chi connectivity index (χ1) is 11.8. The van der Waals surface area contributed by atoms with Crippen LogP contribution in [0, 0.1) is 0 Å². The molecule has 2 aromatic heterocycles. The molecule has 1 saturated heterocycles. The van der Waals surface area contributed by atoms with E-state index in [-0.39, 0.29) is 23.3 Å². The molecule has 1 fully saturated rings. The van der Waals surface area contributed by atoms with Crippen LogP contribution in [0.3, 0.4) is 0 Å². The monoisotopic (exact) mass is 358 g/mol. The summed E-state index contributed by atoms with van der Waals surface area (Å²) in [6.07, 6.45) is 2.35. The second-order valence-corrected chi connectivity index (χ2v) is 8.07. The van der Waals surface area contributed by atoms with Gasteiger partial charge in [-0.2, -0.15) is 0 Å². The Morgan fingerprint density at radius 1 is 1.28 bits per heavy atom. The van der Waals surface area contributed by atoms with E-state index < -0.39 is 0 Å². The first-order valence-electron chi connectivity index (χ1n) is 8.32. The smallest absolute Gasteiger partial charge is 0.272 e. The summed E-state index contributed by atoms with van der Waals surface area (Å²) in [5.41, 5.74) is 0.816. The molecule has 132 valence electrons. The topological polar surface area (TPSA) is 75.2 Å². The molecule has 0 aliphatic carbocycles. The lowest BCUT2D eigenvalue weighted by molar-refractivity contribution is 0.0777. The average Bonchev–Trinajstić information content (AvgIpc) is 3.24. The zero-order valence-corrected chi connectivity index (χ0v) is 15.5. The van der Waals surface area contributed by atoms with Gasteiger partial charge in [0.2, 0.25) is 0 Å². The molecule has 7 heteroatoms. The van der Waals surface area contributed by atoms with E-state index in [9.17, 15) is 9.59 Å². The second-order valence-electron chi connectivity index (χ2n) is 7.21. The van der Waals surface area contributed by atoms with Gasteiger partial charge in [0.15, 0.2) is 0 Å². The van der Waals surface area contributed by atoms with Crippen LogP contribution < -0.4 is 5.32 Å². The van der Waals surface area contributed by atoms with Crippen molar-refractivity contribution >= 4 is 23.2 Å². The number of hydrogen-bond acceptors (Lipinski definition) is 5. The molecular weight excluding hydrogens is 336 g/mol. The molecule has 1 aliphatic rings. The minimum atomic E-state index is -0.177. The molecule has 3 heterocycles. The molecule has 1 N–H and O–H groups in total. The fraction of sp³-hybridized carbons (Fsp3) is 0.444. The molecule has 0 aromatic carbocycles. The van der Waals surface area contributed by atoms with Crippen molar-refractivity contribution in [1.82, 2.24) is 20.2 Å². The fourth-order valence-electron chi connectivity index (χ4n) is 2.70. The van der Waals surface area contributed by atoms with Crippen molar-refractivity contribution in [3.05, 3.63) is 46.2 Å². The summed E-state index contributed by atoms with van der Waals surface area (Å²) in [6.45, 7) is 7.34. The van der Waals surface area contributed by atoms with E-state index in [1.807, 2.05) is 0 Å². The van der Waals surface area contributed by atoms with Gasteiger partial charge in [-0.3, -0.25) is 14.6 Å². The molecule has 3 rings (SSSR count). The van der Waals surface area contributed by atoms with E-state index in [0.717, 1.165) is 11.4 Å². The summed E-state index contributed by atoms with van der Waals surface area (Å²) < 4.78 is 0. The summed E-state index contributed by atoms with van der Waals surface area (Å²) in [7, 11) is 0. The van der Waals surface area contributed by atoms with Gasteiger partial charge in [-0.05, 0) is 18.6 Å². The molecule has 25 heavy (non-hydrogen) atoms. The van der Waals surface area contributed by atoms with Gasteiger partial charge in [0.1, 0.15) is 11.4 Å². The molecule has 0 radical (unpaired) electrons. The van der Waals surface area contributed by atoms with Crippen LogP contribution >= 0.6 is 11.3 Å². The Bertz CT molecular complexity index is 767. The average molecular weight is 358 g/mol. The maximum atomic E-state index is 12.4. The van der Waals surface area contributed by atoms with E-state index >= 15 is 0 Å². The number of aromatic nitrogens is 2. The van der Waals surface area contributed by atoms with E-state index in [4.69, 9.17) is 0 Å². The molecule has 0 spiro atoms. The molecule has 1 unspecified atom stereocenters. The van der Waals surface area contributed by atoms with E-state index in [2.05, 4.69) is 36.1 Å².